The first-order chi connectivity index (χ1) is 20.2. The summed E-state index contributed by atoms with van der Waals surface area (Å²) in [7, 11) is 0. The zero-order valence-electron chi connectivity index (χ0n) is 23.8. The van der Waals surface area contributed by atoms with E-state index < -0.39 is 36.4 Å². The number of hydrogen-bond acceptors (Lipinski definition) is 5. The van der Waals surface area contributed by atoms with E-state index >= 15 is 0 Å². The maximum Gasteiger partial charge on any atom is 0.329 e. The molecule has 7 nitrogen and oxygen atoms in total. The molecule has 0 unspecified atom stereocenters. The molecule has 2 bridgehead atoms. The minimum absolute atomic E-state index is 0.000555. The van der Waals surface area contributed by atoms with Crippen molar-refractivity contribution in [2.75, 3.05) is 11.9 Å². The molecule has 4 aliphatic rings. The minimum atomic E-state index is -1.10. The van der Waals surface area contributed by atoms with Crippen LogP contribution in [0.3, 0.4) is 0 Å². The normalized spacial score (nSPS) is 22.5. The molecule has 3 aromatic carbocycles. The molecule has 7 rings (SSSR count). The highest BCUT2D eigenvalue weighted by molar-refractivity contribution is 9.10. The van der Waals surface area contributed by atoms with Crippen LogP contribution in [0.1, 0.15) is 66.8 Å². The Morgan fingerprint density at radius 2 is 1.40 bits per heavy atom. The van der Waals surface area contributed by atoms with E-state index in [1.54, 1.807) is 6.07 Å². The predicted octanol–water partition coefficient (Wildman–Crippen LogP) is 5.80. The second-order valence-corrected chi connectivity index (χ2v) is 12.7. The van der Waals surface area contributed by atoms with Crippen LogP contribution in [-0.2, 0) is 30.3 Å². The molecule has 0 saturated carbocycles. The van der Waals surface area contributed by atoms with E-state index in [-0.39, 0.29) is 36.0 Å². The van der Waals surface area contributed by atoms with E-state index in [4.69, 9.17) is 4.74 Å². The SMILES string of the molecule is CCc1cc(Br)ccc1NC(=O)COC(=O)[C@H](CC(C)C)N1C(=O)[C@@H]2C3c4ccccc4C(c4ccccc43)[C@@H]2C1=O. The molecule has 3 aromatic rings. The van der Waals surface area contributed by atoms with E-state index in [9.17, 15) is 19.2 Å². The molecule has 1 saturated heterocycles. The maximum absolute atomic E-state index is 14.2. The predicted molar refractivity (Wildman–Crippen MR) is 162 cm³/mol. The van der Waals surface area contributed by atoms with Crippen molar-refractivity contribution in [2.45, 2.75) is 51.5 Å². The summed E-state index contributed by atoms with van der Waals surface area (Å²) in [6.45, 7) is 5.33. The van der Waals surface area contributed by atoms with Gasteiger partial charge in [0, 0.05) is 22.0 Å². The number of carbonyl (C=O) groups excluding carboxylic acids is 4. The molecule has 1 fully saturated rings. The first-order valence-corrected chi connectivity index (χ1v) is 15.3. The fourth-order valence-electron chi connectivity index (χ4n) is 7.16. The zero-order valence-corrected chi connectivity index (χ0v) is 25.4. The number of aryl methyl sites for hydroxylation is 1. The van der Waals surface area contributed by atoms with Crippen molar-refractivity contribution in [3.05, 3.63) is 99.0 Å². The summed E-state index contributed by atoms with van der Waals surface area (Å²) in [6, 6.07) is 20.5. The Hall–Kier alpha value is -3.78. The first kappa shape index (κ1) is 28.3. The Morgan fingerprint density at radius 3 is 1.88 bits per heavy atom. The maximum atomic E-state index is 14.2. The van der Waals surface area contributed by atoms with Gasteiger partial charge in [-0.15, -0.1) is 0 Å². The zero-order chi connectivity index (χ0) is 29.7. The molecule has 216 valence electrons. The number of nitrogens with one attached hydrogen (secondary N) is 1. The number of benzene rings is 3. The third kappa shape index (κ3) is 4.66. The van der Waals surface area contributed by atoms with Crippen molar-refractivity contribution in [2.24, 2.45) is 17.8 Å². The Labute approximate surface area is 253 Å². The first-order valence-electron chi connectivity index (χ1n) is 14.5. The molecule has 0 radical (unpaired) electrons. The smallest absolute Gasteiger partial charge is 0.329 e. The van der Waals surface area contributed by atoms with Gasteiger partial charge in [0.05, 0.1) is 11.8 Å². The monoisotopic (exact) mass is 628 g/mol. The third-order valence-corrected chi connectivity index (χ3v) is 9.32. The molecule has 0 spiro atoms. The summed E-state index contributed by atoms with van der Waals surface area (Å²) in [5.74, 6) is -3.57. The van der Waals surface area contributed by atoms with E-state index in [1.165, 1.54) is 0 Å². The lowest BCUT2D eigenvalue weighted by molar-refractivity contribution is -0.160. The summed E-state index contributed by atoms with van der Waals surface area (Å²) >= 11 is 3.44. The molecule has 8 heteroatoms. The number of rotatable bonds is 8. The van der Waals surface area contributed by atoms with Crippen LogP contribution in [0.25, 0.3) is 0 Å². The number of imide groups is 1. The molecule has 0 aromatic heterocycles. The summed E-state index contributed by atoms with van der Waals surface area (Å²) < 4.78 is 6.39. The van der Waals surface area contributed by atoms with Gasteiger partial charge in [0.25, 0.3) is 5.91 Å². The van der Waals surface area contributed by atoms with Gasteiger partial charge in [-0.3, -0.25) is 19.3 Å². The number of halogens is 1. The van der Waals surface area contributed by atoms with Crippen LogP contribution >= 0.6 is 15.9 Å². The summed E-state index contributed by atoms with van der Waals surface area (Å²) in [4.78, 5) is 55.8. The van der Waals surface area contributed by atoms with Gasteiger partial charge in [-0.05, 0) is 64.8 Å². The summed E-state index contributed by atoms with van der Waals surface area (Å²) in [6.07, 6.45) is 0.960. The van der Waals surface area contributed by atoms with Gasteiger partial charge in [0.2, 0.25) is 11.8 Å². The lowest BCUT2D eigenvalue weighted by atomic mass is 9.55. The molecule has 3 atom stereocenters. The lowest BCUT2D eigenvalue weighted by Crippen LogP contribution is -2.47. The lowest BCUT2D eigenvalue weighted by Gasteiger charge is -2.45. The highest BCUT2D eigenvalue weighted by atomic mass is 79.9. The largest absolute Gasteiger partial charge is 0.454 e. The van der Waals surface area contributed by atoms with Crippen LogP contribution in [0.4, 0.5) is 5.69 Å². The van der Waals surface area contributed by atoms with E-state index in [0.29, 0.717) is 12.1 Å². The molecular formula is C34H33BrN2O5. The van der Waals surface area contributed by atoms with Gasteiger partial charge >= 0.3 is 5.97 Å². The van der Waals surface area contributed by atoms with Gasteiger partial charge in [0.15, 0.2) is 6.61 Å². The average Bonchev–Trinajstić information content (AvgIpc) is 3.25. The highest BCUT2D eigenvalue weighted by Gasteiger charge is 2.63. The standard InChI is InChI=1S/C34H33BrN2O5/c1-4-19-16-20(35)13-14-25(19)36-27(38)17-42-34(41)26(15-18(2)3)37-32(39)30-28-21-9-5-6-10-22(21)29(31(30)33(37)40)24-12-8-7-11-23(24)28/h5-14,16,18,26,28-31H,4,15,17H2,1-3H3,(H,36,38)/t26-,28?,29?,30-,31+/m0/s1. The Balaban J connectivity index is 1.26. The minimum Gasteiger partial charge on any atom is -0.454 e. The molecule has 3 aliphatic carbocycles. The van der Waals surface area contributed by atoms with E-state index in [1.807, 2.05) is 81.4 Å². The Bertz CT molecular complexity index is 1480. The fraction of sp³-hybridized carbons (Fsp3) is 0.353. The molecule has 1 N–H and O–H groups in total. The van der Waals surface area contributed by atoms with Crippen LogP contribution in [-0.4, -0.2) is 41.2 Å². The van der Waals surface area contributed by atoms with Gasteiger partial charge in [-0.1, -0.05) is 85.2 Å². The number of carbonyl (C=O) groups is 4. The number of anilines is 1. The van der Waals surface area contributed by atoms with Crippen molar-refractivity contribution in [3.8, 4) is 0 Å². The molecule has 1 heterocycles. The van der Waals surface area contributed by atoms with Crippen molar-refractivity contribution in [1.82, 2.24) is 4.90 Å². The van der Waals surface area contributed by atoms with Crippen molar-refractivity contribution in [1.29, 1.82) is 0 Å². The van der Waals surface area contributed by atoms with Crippen LogP contribution in [0, 0.1) is 17.8 Å². The quantitative estimate of drug-likeness (QED) is 0.251. The average molecular weight is 630 g/mol. The number of likely N-dealkylation sites (tertiary alicyclic amines) is 1. The van der Waals surface area contributed by atoms with Crippen LogP contribution in [0.15, 0.2) is 71.2 Å². The third-order valence-electron chi connectivity index (χ3n) is 8.83. The Kier molecular flexibility index (Phi) is 7.51. The number of ether oxygens (including phenoxy) is 1. The number of hydrogen-bond donors (Lipinski definition) is 1. The summed E-state index contributed by atoms with van der Waals surface area (Å²) in [5, 5.41) is 2.81. The molecule has 3 amide bonds. The van der Waals surface area contributed by atoms with Gasteiger partial charge in [0.1, 0.15) is 6.04 Å². The number of esters is 1. The second-order valence-electron chi connectivity index (χ2n) is 11.8. The van der Waals surface area contributed by atoms with Crippen molar-refractivity contribution < 1.29 is 23.9 Å². The summed E-state index contributed by atoms with van der Waals surface area (Å²) in [5.41, 5.74) is 5.88. The van der Waals surface area contributed by atoms with Crippen LogP contribution in [0.5, 0.6) is 0 Å². The second kappa shape index (κ2) is 11.1. The fourth-order valence-corrected chi connectivity index (χ4v) is 7.57. The van der Waals surface area contributed by atoms with E-state index in [0.717, 1.165) is 37.2 Å². The number of amides is 3. The van der Waals surface area contributed by atoms with Gasteiger partial charge in [-0.25, -0.2) is 4.79 Å². The molecule has 42 heavy (non-hydrogen) atoms. The topological polar surface area (TPSA) is 92.8 Å². The van der Waals surface area contributed by atoms with Gasteiger partial charge in [-0.2, -0.15) is 0 Å². The number of nitrogens with zero attached hydrogens (tertiary/aromatic N) is 1. The van der Waals surface area contributed by atoms with Crippen LogP contribution in [0.2, 0.25) is 0 Å². The van der Waals surface area contributed by atoms with Crippen LogP contribution < -0.4 is 5.32 Å². The molecule has 1 aliphatic heterocycles. The van der Waals surface area contributed by atoms with E-state index in [2.05, 4.69) is 21.2 Å². The molecular weight excluding hydrogens is 596 g/mol. The van der Waals surface area contributed by atoms with Crippen molar-refractivity contribution in [3.63, 3.8) is 0 Å². The van der Waals surface area contributed by atoms with Gasteiger partial charge < -0.3 is 10.1 Å². The van der Waals surface area contributed by atoms with Crippen molar-refractivity contribution >= 4 is 45.3 Å². The highest BCUT2D eigenvalue weighted by Crippen LogP contribution is 2.61. The Morgan fingerprint density at radius 1 is 0.881 bits per heavy atom.